The summed E-state index contributed by atoms with van der Waals surface area (Å²) in [4.78, 5) is 16.6. The molecular formula is C19H20BrFN2O. The zero-order chi connectivity index (χ0) is 17.1. The molecule has 126 valence electrons. The van der Waals surface area contributed by atoms with Crippen molar-refractivity contribution in [3.8, 4) is 0 Å². The van der Waals surface area contributed by atoms with Crippen LogP contribution in [0.4, 0.5) is 10.1 Å². The van der Waals surface area contributed by atoms with Gasteiger partial charge in [0, 0.05) is 30.7 Å². The summed E-state index contributed by atoms with van der Waals surface area (Å²) in [5.74, 6) is -0.173. The van der Waals surface area contributed by atoms with Crippen LogP contribution in [0.3, 0.4) is 0 Å². The Hall–Kier alpha value is -1.88. The highest BCUT2D eigenvalue weighted by Crippen LogP contribution is 2.28. The Labute approximate surface area is 150 Å². The third-order valence-corrected chi connectivity index (χ3v) is 4.98. The molecule has 0 N–H and O–H groups in total. The van der Waals surface area contributed by atoms with E-state index in [1.807, 2.05) is 4.90 Å². The number of carbonyl (C=O) groups excluding carboxylic acids is 1. The average molecular weight is 391 g/mol. The molecule has 0 unspecified atom stereocenters. The molecule has 5 heteroatoms. The number of anilines is 1. The van der Waals surface area contributed by atoms with Crippen molar-refractivity contribution in [2.75, 3.05) is 31.1 Å². The second kappa shape index (κ2) is 7.34. The van der Waals surface area contributed by atoms with Gasteiger partial charge >= 0.3 is 0 Å². The van der Waals surface area contributed by atoms with Crippen LogP contribution in [0.1, 0.15) is 11.1 Å². The Balaban J connectivity index is 1.58. The normalized spacial score (nSPS) is 14.8. The first-order chi connectivity index (χ1) is 11.5. The summed E-state index contributed by atoms with van der Waals surface area (Å²) in [5, 5.41) is 0. The first-order valence-corrected chi connectivity index (χ1v) is 8.85. The fourth-order valence-electron chi connectivity index (χ4n) is 2.95. The number of piperazine rings is 1. The first kappa shape index (κ1) is 17.0. The predicted molar refractivity (Wildman–Crippen MR) is 97.8 cm³/mol. The molecule has 0 radical (unpaired) electrons. The van der Waals surface area contributed by atoms with E-state index in [2.05, 4.69) is 46.0 Å². The molecular weight excluding hydrogens is 371 g/mol. The maximum atomic E-state index is 12.9. The van der Waals surface area contributed by atoms with Gasteiger partial charge in [-0.1, -0.05) is 18.2 Å². The van der Waals surface area contributed by atoms with Crippen LogP contribution in [0.15, 0.2) is 46.9 Å². The molecule has 3 rings (SSSR count). The van der Waals surface area contributed by atoms with Gasteiger partial charge in [-0.2, -0.15) is 0 Å². The molecule has 0 bridgehead atoms. The maximum Gasteiger partial charge on any atom is 0.227 e. The summed E-state index contributed by atoms with van der Waals surface area (Å²) < 4.78 is 14.0. The largest absolute Gasteiger partial charge is 0.367 e. The molecule has 2 aromatic carbocycles. The second-order valence-electron chi connectivity index (χ2n) is 6.13. The van der Waals surface area contributed by atoms with Crippen LogP contribution in [0.25, 0.3) is 0 Å². The lowest BCUT2D eigenvalue weighted by Gasteiger charge is -2.36. The van der Waals surface area contributed by atoms with Crippen LogP contribution in [0, 0.1) is 12.7 Å². The molecule has 1 aliphatic heterocycles. The number of amides is 1. The fraction of sp³-hybridized carbons (Fsp3) is 0.316. The Morgan fingerprint density at radius 3 is 2.38 bits per heavy atom. The molecule has 2 aromatic rings. The molecule has 1 amide bonds. The van der Waals surface area contributed by atoms with Crippen LogP contribution < -0.4 is 4.90 Å². The molecule has 0 aliphatic carbocycles. The number of halogens is 2. The third-order valence-electron chi connectivity index (χ3n) is 4.34. The van der Waals surface area contributed by atoms with E-state index in [1.165, 1.54) is 23.4 Å². The van der Waals surface area contributed by atoms with E-state index in [0.717, 1.165) is 23.1 Å². The van der Waals surface area contributed by atoms with Crippen molar-refractivity contribution in [2.45, 2.75) is 13.3 Å². The lowest BCUT2D eigenvalue weighted by Crippen LogP contribution is -2.49. The van der Waals surface area contributed by atoms with Crippen molar-refractivity contribution in [3.05, 3.63) is 63.9 Å². The summed E-state index contributed by atoms with van der Waals surface area (Å²) in [5.41, 5.74) is 3.25. The SMILES string of the molecule is Cc1ccc(N2CCN(C(=O)Cc3ccc(F)cc3)CC2)c(Br)c1. The van der Waals surface area contributed by atoms with Crippen molar-refractivity contribution in [1.82, 2.24) is 4.90 Å². The van der Waals surface area contributed by atoms with Gasteiger partial charge in [0.1, 0.15) is 5.82 Å². The highest BCUT2D eigenvalue weighted by atomic mass is 79.9. The summed E-state index contributed by atoms with van der Waals surface area (Å²) in [6.07, 6.45) is 0.328. The Morgan fingerprint density at radius 2 is 1.75 bits per heavy atom. The van der Waals surface area contributed by atoms with E-state index in [0.29, 0.717) is 19.5 Å². The number of aryl methyl sites for hydroxylation is 1. The van der Waals surface area contributed by atoms with Gasteiger partial charge in [0.2, 0.25) is 5.91 Å². The Kier molecular flexibility index (Phi) is 5.19. The van der Waals surface area contributed by atoms with Crippen LogP contribution in [-0.4, -0.2) is 37.0 Å². The molecule has 0 spiro atoms. The predicted octanol–water partition coefficient (Wildman–Crippen LogP) is 3.79. The van der Waals surface area contributed by atoms with Crippen LogP contribution in [-0.2, 0) is 11.2 Å². The van der Waals surface area contributed by atoms with Gasteiger partial charge in [0.25, 0.3) is 0 Å². The standard InChI is InChI=1S/C19H20BrFN2O/c1-14-2-7-18(17(20)12-14)22-8-10-23(11-9-22)19(24)13-15-3-5-16(21)6-4-15/h2-7,12H,8-11,13H2,1H3. The van der Waals surface area contributed by atoms with E-state index in [4.69, 9.17) is 0 Å². The van der Waals surface area contributed by atoms with Crippen molar-refractivity contribution in [2.24, 2.45) is 0 Å². The number of hydrogen-bond acceptors (Lipinski definition) is 2. The van der Waals surface area contributed by atoms with Gasteiger partial charge < -0.3 is 9.80 Å². The van der Waals surface area contributed by atoms with E-state index >= 15 is 0 Å². The molecule has 24 heavy (non-hydrogen) atoms. The smallest absolute Gasteiger partial charge is 0.227 e. The zero-order valence-electron chi connectivity index (χ0n) is 13.6. The van der Waals surface area contributed by atoms with Gasteiger partial charge in [-0.3, -0.25) is 4.79 Å². The zero-order valence-corrected chi connectivity index (χ0v) is 15.2. The van der Waals surface area contributed by atoms with Gasteiger partial charge in [0.15, 0.2) is 0 Å². The lowest BCUT2D eigenvalue weighted by molar-refractivity contribution is -0.130. The summed E-state index contributed by atoms with van der Waals surface area (Å²) >= 11 is 3.62. The highest BCUT2D eigenvalue weighted by molar-refractivity contribution is 9.10. The van der Waals surface area contributed by atoms with Crippen molar-refractivity contribution in [1.29, 1.82) is 0 Å². The molecule has 1 aliphatic rings. The first-order valence-electron chi connectivity index (χ1n) is 8.06. The number of carbonyl (C=O) groups is 1. The van der Waals surface area contributed by atoms with Gasteiger partial charge in [-0.05, 0) is 58.2 Å². The van der Waals surface area contributed by atoms with Crippen molar-refractivity contribution < 1.29 is 9.18 Å². The molecule has 1 fully saturated rings. The minimum atomic E-state index is -0.275. The summed E-state index contributed by atoms with van der Waals surface area (Å²) in [6.45, 7) is 5.12. The minimum Gasteiger partial charge on any atom is -0.367 e. The van der Waals surface area contributed by atoms with Gasteiger partial charge in [-0.15, -0.1) is 0 Å². The summed E-state index contributed by atoms with van der Waals surface area (Å²) in [7, 11) is 0. The molecule has 0 aromatic heterocycles. The summed E-state index contributed by atoms with van der Waals surface area (Å²) in [6, 6.07) is 12.5. The third kappa shape index (κ3) is 3.96. The number of benzene rings is 2. The Bertz CT molecular complexity index is 725. The minimum absolute atomic E-state index is 0.101. The van der Waals surface area contributed by atoms with Crippen LogP contribution in [0.2, 0.25) is 0 Å². The van der Waals surface area contributed by atoms with Crippen LogP contribution >= 0.6 is 15.9 Å². The topological polar surface area (TPSA) is 23.6 Å². The van der Waals surface area contributed by atoms with E-state index in [1.54, 1.807) is 12.1 Å². The monoisotopic (exact) mass is 390 g/mol. The Morgan fingerprint density at radius 1 is 1.08 bits per heavy atom. The second-order valence-corrected chi connectivity index (χ2v) is 6.98. The van der Waals surface area contributed by atoms with Gasteiger partial charge in [-0.25, -0.2) is 4.39 Å². The van der Waals surface area contributed by atoms with E-state index in [-0.39, 0.29) is 11.7 Å². The number of rotatable bonds is 3. The lowest BCUT2D eigenvalue weighted by atomic mass is 10.1. The number of hydrogen-bond donors (Lipinski definition) is 0. The molecule has 0 saturated carbocycles. The van der Waals surface area contributed by atoms with Crippen LogP contribution in [0.5, 0.6) is 0 Å². The molecule has 1 saturated heterocycles. The quantitative estimate of drug-likeness (QED) is 0.795. The van der Waals surface area contributed by atoms with Crippen molar-refractivity contribution in [3.63, 3.8) is 0 Å². The average Bonchev–Trinajstić information content (AvgIpc) is 2.57. The van der Waals surface area contributed by atoms with E-state index < -0.39 is 0 Å². The molecule has 1 heterocycles. The molecule has 0 atom stereocenters. The van der Waals surface area contributed by atoms with E-state index in [9.17, 15) is 9.18 Å². The molecule has 3 nitrogen and oxygen atoms in total. The number of nitrogens with zero attached hydrogens (tertiary/aromatic N) is 2. The van der Waals surface area contributed by atoms with Gasteiger partial charge in [0.05, 0.1) is 12.1 Å². The maximum absolute atomic E-state index is 12.9. The fourth-order valence-corrected chi connectivity index (χ4v) is 3.70. The van der Waals surface area contributed by atoms with Crippen molar-refractivity contribution >= 4 is 27.5 Å². The highest BCUT2D eigenvalue weighted by Gasteiger charge is 2.22.